The van der Waals surface area contributed by atoms with Crippen LogP contribution >= 0.6 is 11.8 Å². The minimum atomic E-state index is -0.879. The van der Waals surface area contributed by atoms with E-state index in [1.54, 1.807) is 7.11 Å². The number of aromatic nitrogens is 3. The summed E-state index contributed by atoms with van der Waals surface area (Å²) in [4.78, 5) is 10.8. The average molecular weight is 307 g/mol. The molecule has 1 heterocycles. The number of carboxylic acids is 1. The Morgan fingerprint density at radius 3 is 2.71 bits per heavy atom. The number of carbonyl (C=O) groups is 1. The van der Waals surface area contributed by atoms with E-state index in [4.69, 9.17) is 9.84 Å². The first-order valence-corrected chi connectivity index (χ1v) is 7.46. The highest BCUT2D eigenvalue weighted by molar-refractivity contribution is 7.99. The number of methoxy groups -OCH3 is 1. The van der Waals surface area contributed by atoms with Gasteiger partial charge in [0.2, 0.25) is 0 Å². The Hall–Kier alpha value is -1.86. The molecule has 1 aromatic carbocycles. The number of aliphatic carboxylic acids is 1. The molecule has 0 amide bonds. The lowest BCUT2D eigenvalue weighted by molar-refractivity contribution is -0.133. The Balaban J connectivity index is 2.38. The van der Waals surface area contributed by atoms with Crippen LogP contribution in [0, 0.1) is 0 Å². The molecule has 1 atom stereocenters. The summed E-state index contributed by atoms with van der Waals surface area (Å²) < 4.78 is 7.12. The summed E-state index contributed by atoms with van der Waals surface area (Å²) in [5.74, 6) is -0.213. The number of hydrogen-bond acceptors (Lipinski definition) is 5. The van der Waals surface area contributed by atoms with E-state index in [9.17, 15) is 4.79 Å². The van der Waals surface area contributed by atoms with Crippen LogP contribution in [0.3, 0.4) is 0 Å². The molecule has 7 heteroatoms. The predicted octanol–water partition coefficient (Wildman–Crippen LogP) is 2.33. The lowest BCUT2D eigenvalue weighted by Gasteiger charge is -2.17. The van der Waals surface area contributed by atoms with Crippen molar-refractivity contribution in [3.8, 4) is 11.4 Å². The van der Waals surface area contributed by atoms with E-state index in [0.717, 1.165) is 17.3 Å². The number of rotatable bonds is 7. The molecular weight excluding hydrogens is 290 g/mol. The molecule has 0 aliphatic heterocycles. The molecule has 0 bridgehead atoms. The largest absolute Gasteiger partial charge is 0.481 e. The standard InChI is InChI=1S/C14H17N3O3S/c1-10(8-20-2)17-13(11-6-4-3-5-7-11)15-16-14(17)21-9-12(18)19/h3-7,10H,8-9H2,1-2H3,(H,18,19)/t10-/m0/s1. The zero-order valence-corrected chi connectivity index (χ0v) is 12.7. The molecular formula is C14H17N3O3S. The van der Waals surface area contributed by atoms with Crippen molar-refractivity contribution in [1.82, 2.24) is 14.8 Å². The highest BCUT2D eigenvalue weighted by Crippen LogP contribution is 2.27. The second kappa shape index (κ2) is 7.24. The lowest BCUT2D eigenvalue weighted by Crippen LogP contribution is -2.14. The summed E-state index contributed by atoms with van der Waals surface area (Å²) in [5, 5.41) is 17.7. The Morgan fingerprint density at radius 1 is 1.38 bits per heavy atom. The first-order chi connectivity index (χ1) is 10.1. The van der Waals surface area contributed by atoms with Gasteiger partial charge in [-0.15, -0.1) is 10.2 Å². The van der Waals surface area contributed by atoms with Gasteiger partial charge in [0.25, 0.3) is 0 Å². The van der Waals surface area contributed by atoms with Gasteiger partial charge in [0.05, 0.1) is 18.4 Å². The van der Waals surface area contributed by atoms with Gasteiger partial charge in [-0.05, 0) is 6.92 Å². The molecule has 0 saturated heterocycles. The van der Waals surface area contributed by atoms with E-state index in [0.29, 0.717) is 17.6 Å². The molecule has 0 radical (unpaired) electrons. The van der Waals surface area contributed by atoms with Crippen molar-refractivity contribution in [2.45, 2.75) is 18.1 Å². The van der Waals surface area contributed by atoms with Gasteiger partial charge in [0, 0.05) is 12.7 Å². The molecule has 0 aliphatic rings. The third-order valence-electron chi connectivity index (χ3n) is 2.87. The summed E-state index contributed by atoms with van der Waals surface area (Å²) in [5.41, 5.74) is 0.940. The van der Waals surface area contributed by atoms with Gasteiger partial charge in [-0.25, -0.2) is 0 Å². The van der Waals surface area contributed by atoms with Crippen LogP contribution in [0.4, 0.5) is 0 Å². The molecule has 0 saturated carbocycles. The number of hydrogen-bond donors (Lipinski definition) is 1. The van der Waals surface area contributed by atoms with Gasteiger partial charge in [0.1, 0.15) is 0 Å². The third-order valence-corrected chi connectivity index (χ3v) is 3.80. The topological polar surface area (TPSA) is 77.2 Å². The molecule has 1 aromatic heterocycles. The van der Waals surface area contributed by atoms with Crippen molar-refractivity contribution in [3.05, 3.63) is 30.3 Å². The first-order valence-electron chi connectivity index (χ1n) is 6.47. The van der Waals surface area contributed by atoms with E-state index in [-0.39, 0.29) is 11.8 Å². The molecule has 2 rings (SSSR count). The van der Waals surface area contributed by atoms with E-state index < -0.39 is 5.97 Å². The Kier molecular flexibility index (Phi) is 5.35. The van der Waals surface area contributed by atoms with E-state index in [2.05, 4.69) is 10.2 Å². The van der Waals surface area contributed by atoms with Gasteiger partial charge in [-0.2, -0.15) is 0 Å². The first kappa shape index (κ1) is 15.5. The fourth-order valence-electron chi connectivity index (χ4n) is 2.00. The van der Waals surface area contributed by atoms with Crippen molar-refractivity contribution in [2.75, 3.05) is 19.5 Å². The summed E-state index contributed by atoms with van der Waals surface area (Å²) in [6, 6.07) is 9.70. The molecule has 6 nitrogen and oxygen atoms in total. The number of carboxylic acid groups (broad SMARTS) is 1. The van der Waals surface area contributed by atoms with Gasteiger partial charge >= 0.3 is 5.97 Å². The average Bonchev–Trinajstić information content (AvgIpc) is 2.90. The maximum absolute atomic E-state index is 10.8. The van der Waals surface area contributed by atoms with Gasteiger partial charge in [-0.3, -0.25) is 9.36 Å². The fraction of sp³-hybridized carbons (Fsp3) is 0.357. The zero-order valence-electron chi connectivity index (χ0n) is 11.9. The number of benzene rings is 1. The predicted molar refractivity (Wildman–Crippen MR) is 80.4 cm³/mol. The Morgan fingerprint density at radius 2 is 2.10 bits per heavy atom. The lowest BCUT2D eigenvalue weighted by atomic mass is 10.2. The fourth-order valence-corrected chi connectivity index (χ4v) is 2.76. The third kappa shape index (κ3) is 3.83. The quantitative estimate of drug-likeness (QED) is 0.791. The van der Waals surface area contributed by atoms with Crippen LogP contribution in [-0.2, 0) is 9.53 Å². The van der Waals surface area contributed by atoms with Gasteiger partial charge in [-0.1, -0.05) is 42.1 Å². The summed E-state index contributed by atoms with van der Waals surface area (Å²) in [6.07, 6.45) is 0. The van der Waals surface area contributed by atoms with Gasteiger partial charge < -0.3 is 9.84 Å². The molecule has 0 aliphatic carbocycles. The molecule has 0 fully saturated rings. The van der Waals surface area contributed by atoms with Crippen LogP contribution in [-0.4, -0.2) is 45.3 Å². The van der Waals surface area contributed by atoms with Crippen molar-refractivity contribution in [1.29, 1.82) is 0 Å². The second-order valence-electron chi connectivity index (χ2n) is 4.53. The maximum Gasteiger partial charge on any atom is 0.313 e. The van der Waals surface area contributed by atoms with Crippen molar-refractivity contribution in [2.24, 2.45) is 0 Å². The van der Waals surface area contributed by atoms with Gasteiger partial charge in [0.15, 0.2) is 11.0 Å². The van der Waals surface area contributed by atoms with Crippen LogP contribution in [0.25, 0.3) is 11.4 Å². The minimum Gasteiger partial charge on any atom is -0.481 e. The van der Waals surface area contributed by atoms with Crippen LogP contribution in [0.15, 0.2) is 35.5 Å². The maximum atomic E-state index is 10.8. The summed E-state index contributed by atoms with van der Waals surface area (Å²) in [6.45, 7) is 2.49. The van der Waals surface area contributed by atoms with Crippen LogP contribution in [0.5, 0.6) is 0 Å². The Bertz CT molecular complexity index is 601. The normalized spacial score (nSPS) is 12.3. The van der Waals surface area contributed by atoms with E-state index >= 15 is 0 Å². The van der Waals surface area contributed by atoms with Crippen molar-refractivity contribution < 1.29 is 14.6 Å². The highest BCUT2D eigenvalue weighted by Gasteiger charge is 2.19. The monoisotopic (exact) mass is 307 g/mol. The summed E-state index contributed by atoms with van der Waals surface area (Å²) in [7, 11) is 1.63. The molecule has 0 spiro atoms. The Labute approximate surface area is 127 Å². The smallest absolute Gasteiger partial charge is 0.313 e. The van der Waals surface area contributed by atoms with Crippen molar-refractivity contribution >= 4 is 17.7 Å². The molecule has 112 valence electrons. The summed E-state index contributed by atoms with van der Waals surface area (Å²) >= 11 is 1.16. The van der Waals surface area contributed by atoms with Crippen LogP contribution in [0.1, 0.15) is 13.0 Å². The van der Waals surface area contributed by atoms with E-state index in [1.807, 2.05) is 41.8 Å². The number of ether oxygens (including phenoxy) is 1. The SMILES string of the molecule is COC[C@H](C)n1c(SCC(=O)O)nnc1-c1ccccc1. The zero-order chi connectivity index (χ0) is 15.2. The highest BCUT2D eigenvalue weighted by atomic mass is 32.2. The van der Waals surface area contributed by atoms with E-state index in [1.165, 1.54) is 0 Å². The second-order valence-corrected chi connectivity index (χ2v) is 5.47. The molecule has 2 aromatic rings. The van der Waals surface area contributed by atoms with Crippen LogP contribution in [0.2, 0.25) is 0 Å². The molecule has 0 unspecified atom stereocenters. The molecule has 1 N–H and O–H groups in total. The number of nitrogens with zero attached hydrogens (tertiary/aromatic N) is 3. The molecule has 21 heavy (non-hydrogen) atoms. The minimum absolute atomic E-state index is 0.0106. The van der Waals surface area contributed by atoms with Crippen molar-refractivity contribution in [3.63, 3.8) is 0 Å². The number of thioether (sulfide) groups is 1. The van der Waals surface area contributed by atoms with Crippen LogP contribution < -0.4 is 0 Å².